The minimum absolute atomic E-state index is 0.0382. The molecule has 2 heterocycles. The summed E-state index contributed by atoms with van der Waals surface area (Å²) in [5.41, 5.74) is 4.85. The summed E-state index contributed by atoms with van der Waals surface area (Å²) in [6.45, 7) is 7.40. The number of halogens is 4. The van der Waals surface area contributed by atoms with E-state index in [1.54, 1.807) is 6.07 Å². The van der Waals surface area contributed by atoms with E-state index in [0.29, 0.717) is 10.1 Å². The van der Waals surface area contributed by atoms with E-state index in [4.69, 9.17) is 26.6 Å². The van der Waals surface area contributed by atoms with Crippen LogP contribution in [0.3, 0.4) is 0 Å². The van der Waals surface area contributed by atoms with E-state index in [9.17, 15) is 13.2 Å². The van der Waals surface area contributed by atoms with Gasteiger partial charge in [0.1, 0.15) is 0 Å². The van der Waals surface area contributed by atoms with Gasteiger partial charge in [0, 0.05) is 5.46 Å². The van der Waals surface area contributed by atoms with Crippen LogP contribution in [-0.4, -0.2) is 34.5 Å². The highest BCUT2D eigenvalue weighted by molar-refractivity contribution is 6.65. The van der Waals surface area contributed by atoms with Crippen molar-refractivity contribution in [1.82, 2.24) is 9.78 Å². The fraction of sp³-hybridized carbons (Fsp3) is 0.533. The van der Waals surface area contributed by atoms with Crippen LogP contribution in [0.4, 0.5) is 19.0 Å². The van der Waals surface area contributed by atoms with Gasteiger partial charge in [-0.15, -0.1) is 0 Å². The third kappa shape index (κ3) is 2.78. The second-order valence-electron chi connectivity index (χ2n) is 6.99. The minimum atomic E-state index is -3.27. The molecule has 0 radical (unpaired) electrons. The highest BCUT2D eigenvalue weighted by Crippen LogP contribution is 2.38. The van der Waals surface area contributed by atoms with Crippen LogP contribution >= 0.6 is 11.6 Å². The Morgan fingerprint density at radius 3 is 2.24 bits per heavy atom. The Kier molecular flexibility index (Phi) is 4.25. The predicted octanol–water partition coefficient (Wildman–Crippen LogP) is 3.30. The topological polar surface area (TPSA) is 62.3 Å². The molecule has 1 saturated heterocycles. The molecule has 1 atom stereocenters. The largest absolute Gasteiger partial charge is 0.497 e. The average molecular weight is 376 g/mol. The third-order valence-corrected chi connectivity index (χ3v) is 5.12. The van der Waals surface area contributed by atoms with Crippen LogP contribution in [0.5, 0.6) is 0 Å². The number of nitrogen functional groups attached to an aromatic ring is 1. The van der Waals surface area contributed by atoms with E-state index in [0.717, 1.165) is 0 Å². The van der Waals surface area contributed by atoms with E-state index in [1.165, 1.54) is 6.07 Å². The van der Waals surface area contributed by atoms with Crippen molar-refractivity contribution in [1.29, 1.82) is 0 Å². The average Bonchev–Trinajstić information content (AvgIpc) is 2.93. The molecule has 0 saturated carbocycles. The summed E-state index contributed by atoms with van der Waals surface area (Å²) in [6.07, 6.45) is -5.94. The minimum Gasteiger partial charge on any atom is -0.399 e. The first-order chi connectivity index (χ1) is 11.5. The van der Waals surface area contributed by atoms with Crippen molar-refractivity contribution in [2.45, 2.75) is 51.6 Å². The van der Waals surface area contributed by atoms with Gasteiger partial charge < -0.3 is 15.0 Å². The maximum Gasteiger partial charge on any atom is 0.497 e. The standard InChI is InChI=1S/C15H18BClF3N3O2/c1-14(2)15(3,4)25-16(24-14)7-5-6-8(17)9-10(7)23(22-13(9)21)12(20)11(18)19/h5-6,11-12H,1-4H3,(H2,21,22). The SMILES string of the molecule is CC1(C)OB(c2ccc(Cl)c3c(N)nn(C(F)C(F)F)c23)OC1(C)C. The number of nitrogens with zero attached hydrogens (tertiary/aromatic N) is 2. The molecule has 10 heteroatoms. The van der Waals surface area contributed by atoms with Gasteiger partial charge in [-0.25, -0.2) is 17.9 Å². The molecule has 1 unspecified atom stereocenters. The Morgan fingerprint density at radius 2 is 1.72 bits per heavy atom. The zero-order chi connectivity index (χ0) is 18.7. The summed E-state index contributed by atoms with van der Waals surface area (Å²) in [7, 11) is -0.899. The molecule has 1 aromatic carbocycles. The molecular formula is C15H18BClF3N3O2. The van der Waals surface area contributed by atoms with Crippen LogP contribution in [0.2, 0.25) is 5.02 Å². The van der Waals surface area contributed by atoms with Gasteiger partial charge in [0.25, 0.3) is 12.7 Å². The molecule has 5 nitrogen and oxygen atoms in total. The van der Waals surface area contributed by atoms with Crippen molar-refractivity contribution < 1.29 is 22.5 Å². The second kappa shape index (κ2) is 5.79. The fourth-order valence-corrected chi connectivity index (χ4v) is 2.98. The first kappa shape index (κ1) is 18.3. The molecule has 0 spiro atoms. The predicted molar refractivity (Wildman–Crippen MR) is 91.0 cm³/mol. The number of benzene rings is 1. The van der Waals surface area contributed by atoms with E-state index in [1.807, 2.05) is 27.7 Å². The van der Waals surface area contributed by atoms with Crippen LogP contribution in [0.25, 0.3) is 10.9 Å². The number of aromatic nitrogens is 2. The lowest BCUT2D eigenvalue weighted by molar-refractivity contribution is 0.00368. The summed E-state index contributed by atoms with van der Waals surface area (Å²) in [6, 6.07) is 3.07. The van der Waals surface area contributed by atoms with Gasteiger partial charge in [-0.2, -0.15) is 5.10 Å². The number of rotatable bonds is 3. The smallest absolute Gasteiger partial charge is 0.399 e. The summed E-state index contributed by atoms with van der Waals surface area (Å²) in [5, 5.41) is 4.09. The molecule has 0 amide bonds. The monoisotopic (exact) mass is 375 g/mol. The molecular weight excluding hydrogens is 357 g/mol. The normalized spacial score (nSPS) is 20.6. The first-order valence-corrected chi connectivity index (χ1v) is 8.08. The van der Waals surface area contributed by atoms with Crippen LogP contribution in [0.1, 0.15) is 34.0 Å². The maximum absolute atomic E-state index is 14.1. The molecule has 3 rings (SSSR count). The van der Waals surface area contributed by atoms with Gasteiger partial charge in [-0.3, -0.25) is 0 Å². The third-order valence-electron chi connectivity index (χ3n) is 4.81. The van der Waals surface area contributed by atoms with Gasteiger partial charge in [-0.05, 0) is 33.8 Å². The van der Waals surface area contributed by atoms with Crippen LogP contribution in [0, 0.1) is 0 Å². The Balaban J connectivity index is 2.22. The highest BCUT2D eigenvalue weighted by Gasteiger charge is 2.52. The summed E-state index contributed by atoms with van der Waals surface area (Å²) < 4.78 is 52.4. The Hall–Kier alpha value is -1.45. The van der Waals surface area contributed by atoms with Crippen LogP contribution in [-0.2, 0) is 9.31 Å². The first-order valence-electron chi connectivity index (χ1n) is 7.70. The molecule has 1 aliphatic heterocycles. The molecule has 25 heavy (non-hydrogen) atoms. The van der Waals surface area contributed by atoms with Gasteiger partial charge in [-0.1, -0.05) is 17.7 Å². The van der Waals surface area contributed by atoms with Crippen molar-refractivity contribution >= 4 is 40.9 Å². The van der Waals surface area contributed by atoms with Gasteiger partial charge >= 0.3 is 7.12 Å². The highest BCUT2D eigenvalue weighted by atomic mass is 35.5. The van der Waals surface area contributed by atoms with Crippen molar-refractivity contribution in [3.05, 3.63) is 17.2 Å². The molecule has 0 bridgehead atoms. The second-order valence-corrected chi connectivity index (χ2v) is 7.39. The number of nitrogens with two attached hydrogens (primary N) is 1. The lowest BCUT2D eigenvalue weighted by Gasteiger charge is -2.32. The molecule has 2 aromatic rings. The van der Waals surface area contributed by atoms with E-state index in [2.05, 4.69) is 5.10 Å². The zero-order valence-electron chi connectivity index (χ0n) is 14.2. The summed E-state index contributed by atoms with van der Waals surface area (Å²) in [5.74, 6) is -0.137. The number of fused-ring (bicyclic) bond motifs is 1. The molecule has 1 aromatic heterocycles. The Bertz CT molecular complexity index is 812. The molecule has 1 aliphatic rings. The summed E-state index contributed by atoms with van der Waals surface area (Å²) in [4.78, 5) is 0. The molecule has 0 aliphatic carbocycles. The van der Waals surface area contributed by atoms with Gasteiger partial charge in [0.15, 0.2) is 5.82 Å². The maximum atomic E-state index is 14.1. The van der Waals surface area contributed by atoms with E-state index >= 15 is 0 Å². The quantitative estimate of drug-likeness (QED) is 0.836. The van der Waals surface area contributed by atoms with Crippen LogP contribution in [0.15, 0.2) is 12.1 Å². The Morgan fingerprint density at radius 1 is 1.16 bits per heavy atom. The van der Waals surface area contributed by atoms with E-state index < -0.39 is 31.0 Å². The number of hydrogen-bond donors (Lipinski definition) is 1. The van der Waals surface area contributed by atoms with Gasteiger partial charge in [0.2, 0.25) is 0 Å². The van der Waals surface area contributed by atoms with E-state index in [-0.39, 0.29) is 21.7 Å². The lowest BCUT2D eigenvalue weighted by Crippen LogP contribution is -2.41. The molecule has 2 N–H and O–H groups in total. The van der Waals surface area contributed by atoms with Crippen LogP contribution < -0.4 is 11.2 Å². The molecule has 1 fully saturated rings. The van der Waals surface area contributed by atoms with Crippen molar-refractivity contribution in [2.24, 2.45) is 0 Å². The number of anilines is 1. The van der Waals surface area contributed by atoms with Crippen molar-refractivity contribution in [2.75, 3.05) is 5.73 Å². The van der Waals surface area contributed by atoms with Crippen molar-refractivity contribution in [3.8, 4) is 0 Å². The van der Waals surface area contributed by atoms with Crippen molar-refractivity contribution in [3.63, 3.8) is 0 Å². The Labute approximate surface area is 148 Å². The lowest BCUT2D eigenvalue weighted by atomic mass is 9.77. The zero-order valence-corrected chi connectivity index (χ0v) is 14.9. The fourth-order valence-electron chi connectivity index (χ4n) is 2.73. The van der Waals surface area contributed by atoms with Gasteiger partial charge in [0.05, 0.1) is 27.1 Å². The summed E-state index contributed by atoms with van der Waals surface area (Å²) >= 11 is 6.13. The number of alkyl halides is 3. The molecule has 136 valence electrons. The number of hydrogen-bond acceptors (Lipinski definition) is 4.